The zero-order valence-corrected chi connectivity index (χ0v) is 15.7. The second-order valence-corrected chi connectivity index (χ2v) is 6.68. The Hall–Kier alpha value is -3.42. The lowest BCUT2D eigenvalue weighted by Gasteiger charge is -2.22. The lowest BCUT2D eigenvalue weighted by atomic mass is 9.90. The smallest absolute Gasteiger partial charge is 0.325 e. The molecule has 3 rings (SSSR count). The summed E-state index contributed by atoms with van der Waals surface area (Å²) in [6.45, 7) is 1.26. The molecule has 2 aromatic carbocycles. The normalized spacial score (nSPS) is 18.9. The van der Waals surface area contributed by atoms with E-state index in [-0.39, 0.29) is 13.0 Å². The second kappa shape index (κ2) is 7.67. The molecule has 146 valence electrons. The lowest BCUT2D eigenvalue weighted by molar-refractivity contribution is -0.140. The topological polar surface area (TPSA) is 105 Å². The van der Waals surface area contributed by atoms with Gasteiger partial charge in [-0.2, -0.15) is 0 Å². The van der Waals surface area contributed by atoms with Crippen LogP contribution < -0.4 is 10.6 Å². The number of nitrogens with zero attached hydrogens (tertiary/aromatic N) is 1. The van der Waals surface area contributed by atoms with Crippen LogP contribution in [-0.2, 0) is 24.7 Å². The largest absolute Gasteiger partial charge is 0.469 e. The average molecular weight is 383 g/mol. The third kappa shape index (κ3) is 3.66. The molecule has 0 aromatic heterocycles. The van der Waals surface area contributed by atoms with Crippen molar-refractivity contribution < 1.29 is 23.9 Å². The van der Waals surface area contributed by atoms with Crippen molar-refractivity contribution in [3.05, 3.63) is 48.0 Å². The summed E-state index contributed by atoms with van der Waals surface area (Å²) in [5.41, 5.74) is -0.619. The number of ether oxygens (including phenoxy) is 1. The first-order valence-corrected chi connectivity index (χ1v) is 8.82. The molecule has 4 amide bonds. The molecule has 1 saturated heterocycles. The number of methoxy groups -OCH3 is 1. The van der Waals surface area contributed by atoms with E-state index < -0.39 is 35.9 Å². The molecule has 0 bridgehead atoms. The first-order valence-electron chi connectivity index (χ1n) is 8.82. The number of carbonyl (C=O) groups is 4. The summed E-state index contributed by atoms with van der Waals surface area (Å²) in [5.74, 6) is -1.50. The molecule has 1 heterocycles. The van der Waals surface area contributed by atoms with Crippen molar-refractivity contribution in [2.45, 2.75) is 18.9 Å². The van der Waals surface area contributed by atoms with Crippen LogP contribution in [0.5, 0.6) is 0 Å². The number of amides is 4. The highest BCUT2D eigenvalue weighted by Gasteiger charge is 2.49. The molecule has 28 heavy (non-hydrogen) atoms. The molecule has 8 nitrogen and oxygen atoms in total. The maximum atomic E-state index is 12.9. The third-order valence-corrected chi connectivity index (χ3v) is 4.78. The molecule has 2 aromatic rings. The van der Waals surface area contributed by atoms with E-state index in [0.29, 0.717) is 5.56 Å². The van der Waals surface area contributed by atoms with E-state index in [2.05, 4.69) is 15.4 Å². The van der Waals surface area contributed by atoms with Gasteiger partial charge in [0.1, 0.15) is 12.1 Å². The van der Waals surface area contributed by atoms with Gasteiger partial charge in [-0.05, 0) is 29.3 Å². The van der Waals surface area contributed by atoms with Crippen molar-refractivity contribution in [3.63, 3.8) is 0 Å². The Morgan fingerprint density at radius 1 is 1.14 bits per heavy atom. The Morgan fingerprint density at radius 2 is 1.86 bits per heavy atom. The van der Waals surface area contributed by atoms with Crippen LogP contribution in [0.3, 0.4) is 0 Å². The predicted octanol–water partition coefficient (Wildman–Crippen LogP) is 1.29. The Kier molecular flexibility index (Phi) is 5.30. The maximum absolute atomic E-state index is 12.9. The standard InChI is InChI=1S/C20H21N3O5/c1-20(15-8-7-13-5-3-4-6-14(13)11-15)18(26)23(19(27)22-20)12-16(24)21-10-9-17(25)28-2/h3-8,11H,9-10,12H2,1-2H3,(H,21,24)(H,22,27)/t20-/m0/s1. The van der Waals surface area contributed by atoms with Gasteiger partial charge in [-0.3, -0.25) is 19.3 Å². The number of esters is 1. The SMILES string of the molecule is COC(=O)CCNC(=O)CN1C(=O)N[C@@](C)(c2ccc3ccccc3c2)C1=O. The molecule has 8 heteroatoms. The number of benzene rings is 2. The van der Waals surface area contributed by atoms with Gasteiger partial charge in [-0.15, -0.1) is 0 Å². The fraction of sp³-hybridized carbons (Fsp3) is 0.300. The minimum Gasteiger partial charge on any atom is -0.469 e. The zero-order chi connectivity index (χ0) is 20.3. The minimum absolute atomic E-state index is 0.0111. The predicted molar refractivity (Wildman–Crippen MR) is 101 cm³/mol. The fourth-order valence-electron chi connectivity index (χ4n) is 3.14. The molecule has 0 saturated carbocycles. The first-order chi connectivity index (χ1) is 13.3. The molecule has 1 aliphatic rings. The van der Waals surface area contributed by atoms with E-state index in [1.807, 2.05) is 36.4 Å². The lowest BCUT2D eigenvalue weighted by Crippen LogP contribution is -2.43. The highest BCUT2D eigenvalue weighted by molar-refractivity contribution is 6.09. The Bertz CT molecular complexity index is 958. The van der Waals surface area contributed by atoms with Crippen LogP contribution in [0, 0.1) is 0 Å². The summed E-state index contributed by atoms with van der Waals surface area (Å²) in [4.78, 5) is 49.3. The van der Waals surface area contributed by atoms with E-state index >= 15 is 0 Å². The summed E-state index contributed by atoms with van der Waals surface area (Å²) in [7, 11) is 1.25. The van der Waals surface area contributed by atoms with Crippen molar-refractivity contribution >= 4 is 34.6 Å². The number of hydrogen-bond donors (Lipinski definition) is 2. The van der Waals surface area contributed by atoms with Crippen LogP contribution in [-0.4, -0.2) is 48.9 Å². The van der Waals surface area contributed by atoms with Gasteiger partial charge >= 0.3 is 12.0 Å². The van der Waals surface area contributed by atoms with Crippen LogP contribution in [0.15, 0.2) is 42.5 Å². The molecular weight excluding hydrogens is 362 g/mol. The molecule has 1 fully saturated rings. The Morgan fingerprint density at radius 3 is 2.57 bits per heavy atom. The van der Waals surface area contributed by atoms with E-state index in [9.17, 15) is 19.2 Å². The van der Waals surface area contributed by atoms with Crippen molar-refractivity contribution in [1.29, 1.82) is 0 Å². The number of carbonyl (C=O) groups excluding carboxylic acids is 4. The summed E-state index contributed by atoms with van der Waals surface area (Å²) >= 11 is 0. The van der Waals surface area contributed by atoms with E-state index in [4.69, 9.17) is 0 Å². The molecule has 0 radical (unpaired) electrons. The number of rotatable bonds is 6. The highest BCUT2D eigenvalue weighted by Crippen LogP contribution is 2.30. The summed E-state index contributed by atoms with van der Waals surface area (Å²) in [5, 5.41) is 7.15. The Labute approximate surface area is 161 Å². The number of nitrogens with one attached hydrogen (secondary N) is 2. The highest BCUT2D eigenvalue weighted by atomic mass is 16.5. The quantitative estimate of drug-likeness (QED) is 0.578. The zero-order valence-electron chi connectivity index (χ0n) is 15.7. The number of hydrogen-bond acceptors (Lipinski definition) is 5. The molecule has 2 N–H and O–H groups in total. The summed E-state index contributed by atoms with van der Waals surface area (Å²) < 4.78 is 4.49. The third-order valence-electron chi connectivity index (χ3n) is 4.78. The van der Waals surface area contributed by atoms with Crippen LogP contribution in [0.2, 0.25) is 0 Å². The number of imide groups is 1. The van der Waals surface area contributed by atoms with Gasteiger partial charge in [0.25, 0.3) is 5.91 Å². The van der Waals surface area contributed by atoms with Crippen molar-refractivity contribution in [1.82, 2.24) is 15.5 Å². The molecule has 0 aliphatic carbocycles. The van der Waals surface area contributed by atoms with Gasteiger partial charge in [-0.25, -0.2) is 4.79 Å². The van der Waals surface area contributed by atoms with E-state index in [0.717, 1.165) is 15.7 Å². The van der Waals surface area contributed by atoms with Crippen LogP contribution in [0.4, 0.5) is 4.79 Å². The second-order valence-electron chi connectivity index (χ2n) is 6.68. The maximum Gasteiger partial charge on any atom is 0.325 e. The average Bonchev–Trinajstić information content (AvgIpc) is 2.91. The summed E-state index contributed by atoms with van der Waals surface area (Å²) in [6.07, 6.45) is 0.0111. The molecule has 0 spiro atoms. The van der Waals surface area contributed by atoms with Gasteiger partial charge in [0, 0.05) is 6.54 Å². The van der Waals surface area contributed by atoms with Crippen LogP contribution in [0.25, 0.3) is 10.8 Å². The summed E-state index contributed by atoms with van der Waals surface area (Å²) in [6, 6.07) is 12.6. The monoisotopic (exact) mass is 383 g/mol. The van der Waals surface area contributed by atoms with Gasteiger partial charge in [-0.1, -0.05) is 36.4 Å². The van der Waals surface area contributed by atoms with Gasteiger partial charge in [0.2, 0.25) is 5.91 Å². The number of fused-ring (bicyclic) bond motifs is 1. The number of urea groups is 1. The molecule has 1 atom stereocenters. The van der Waals surface area contributed by atoms with E-state index in [1.54, 1.807) is 13.0 Å². The van der Waals surface area contributed by atoms with E-state index in [1.165, 1.54) is 7.11 Å². The van der Waals surface area contributed by atoms with Crippen LogP contribution in [0.1, 0.15) is 18.9 Å². The fourth-order valence-corrected chi connectivity index (χ4v) is 3.14. The minimum atomic E-state index is -1.26. The molecular formula is C20H21N3O5. The van der Waals surface area contributed by atoms with Gasteiger partial charge < -0.3 is 15.4 Å². The molecule has 0 unspecified atom stereocenters. The van der Waals surface area contributed by atoms with Crippen molar-refractivity contribution in [2.24, 2.45) is 0 Å². The van der Waals surface area contributed by atoms with Gasteiger partial charge in [0.05, 0.1) is 13.5 Å². The Balaban J connectivity index is 1.72. The van der Waals surface area contributed by atoms with Crippen molar-refractivity contribution in [2.75, 3.05) is 20.2 Å². The molecule has 1 aliphatic heterocycles. The first kappa shape index (κ1) is 19.3. The van der Waals surface area contributed by atoms with Gasteiger partial charge in [0.15, 0.2) is 0 Å². The van der Waals surface area contributed by atoms with Crippen LogP contribution >= 0.6 is 0 Å². The van der Waals surface area contributed by atoms with Crippen molar-refractivity contribution in [3.8, 4) is 0 Å².